The van der Waals surface area contributed by atoms with Crippen molar-refractivity contribution in [2.24, 2.45) is 5.92 Å². The maximum atomic E-state index is 12.9. The molecule has 0 amide bonds. The molecular weight excluding hydrogens is 392 g/mol. The molecule has 0 bridgehead atoms. The number of benzene rings is 1. The summed E-state index contributed by atoms with van der Waals surface area (Å²) < 4.78 is 37.2. The fourth-order valence-electron chi connectivity index (χ4n) is 3.22. The molecule has 2 aliphatic rings. The molecule has 1 aliphatic heterocycles. The van der Waals surface area contributed by atoms with Gasteiger partial charge in [0.25, 0.3) is 0 Å². The molecule has 1 aliphatic carbocycles. The molecule has 7 nitrogen and oxygen atoms in total. The highest BCUT2D eigenvalue weighted by atomic mass is 35.5. The maximum absolute atomic E-state index is 12.9. The number of carbonyl (C=O) groups excluding carboxylic acids is 1. The number of hydrogen-bond acceptors (Lipinski definition) is 6. The summed E-state index contributed by atoms with van der Waals surface area (Å²) in [4.78, 5) is 12.0. The van der Waals surface area contributed by atoms with E-state index in [1.165, 1.54) is 49.6 Å². The van der Waals surface area contributed by atoms with Crippen molar-refractivity contribution in [3.8, 4) is 5.75 Å². The minimum Gasteiger partial charge on any atom is -0.496 e. The Morgan fingerprint density at radius 1 is 1.19 bits per heavy atom. The van der Waals surface area contributed by atoms with E-state index >= 15 is 0 Å². The number of methoxy groups -OCH3 is 2. The first kappa shape index (κ1) is 21.9. The van der Waals surface area contributed by atoms with E-state index in [1.807, 2.05) is 0 Å². The highest BCUT2D eigenvalue weighted by molar-refractivity contribution is 7.89. The summed E-state index contributed by atoms with van der Waals surface area (Å²) >= 11 is 0. The lowest BCUT2D eigenvalue weighted by molar-refractivity contribution is 0.0596. The number of sulfonamides is 1. The number of rotatable bonds is 7. The van der Waals surface area contributed by atoms with E-state index in [9.17, 15) is 13.2 Å². The predicted octanol–water partition coefficient (Wildman–Crippen LogP) is 2.06. The number of nitrogens with zero attached hydrogens (tertiary/aromatic N) is 1. The Balaban J connectivity index is 0.00000261. The van der Waals surface area contributed by atoms with Gasteiger partial charge in [-0.25, -0.2) is 13.2 Å². The van der Waals surface area contributed by atoms with Crippen molar-refractivity contribution >= 4 is 28.4 Å². The minimum absolute atomic E-state index is 0. The average Bonchev–Trinajstić information content (AvgIpc) is 3.50. The normalized spacial score (nSPS) is 18.6. The summed E-state index contributed by atoms with van der Waals surface area (Å²) in [6.45, 7) is 1.99. The van der Waals surface area contributed by atoms with Crippen molar-refractivity contribution in [1.82, 2.24) is 9.62 Å². The molecule has 0 unspecified atom stereocenters. The van der Waals surface area contributed by atoms with Crippen LogP contribution < -0.4 is 10.1 Å². The van der Waals surface area contributed by atoms with E-state index in [-0.39, 0.29) is 22.9 Å². The molecule has 152 valence electrons. The van der Waals surface area contributed by atoms with Gasteiger partial charge in [0.1, 0.15) is 11.3 Å². The Morgan fingerprint density at radius 2 is 1.85 bits per heavy atom. The number of nitrogens with one attached hydrogen (secondary N) is 1. The van der Waals surface area contributed by atoms with Crippen LogP contribution in [0.25, 0.3) is 0 Å². The Bertz CT molecular complexity index is 759. The third-order valence-corrected chi connectivity index (χ3v) is 6.95. The van der Waals surface area contributed by atoms with E-state index in [0.717, 1.165) is 25.3 Å². The Kier molecular flexibility index (Phi) is 7.50. The van der Waals surface area contributed by atoms with Crippen LogP contribution in [0, 0.1) is 5.92 Å². The monoisotopic (exact) mass is 418 g/mol. The number of hydrogen-bond donors (Lipinski definition) is 1. The second kappa shape index (κ2) is 9.23. The summed E-state index contributed by atoms with van der Waals surface area (Å²) in [5.41, 5.74) is 0.108. The van der Waals surface area contributed by atoms with Gasteiger partial charge >= 0.3 is 5.97 Å². The predicted molar refractivity (Wildman–Crippen MR) is 104 cm³/mol. The zero-order valence-corrected chi connectivity index (χ0v) is 17.3. The Labute approximate surface area is 166 Å². The Hall–Kier alpha value is -1.35. The molecule has 1 saturated carbocycles. The van der Waals surface area contributed by atoms with Gasteiger partial charge in [-0.1, -0.05) is 0 Å². The van der Waals surface area contributed by atoms with Crippen molar-refractivity contribution in [3.05, 3.63) is 23.8 Å². The van der Waals surface area contributed by atoms with Crippen LogP contribution in [0.15, 0.2) is 23.1 Å². The SMILES string of the molecule is COC(=O)c1cc(S(=O)(=O)N2CCC(NCC3CC3)CC2)ccc1OC.Cl. The number of ether oxygens (including phenoxy) is 2. The van der Waals surface area contributed by atoms with Crippen molar-refractivity contribution in [2.45, 2.75) is 36.6 Å². The number of halogens is 1. The molecule has 1 saturated heterocycles. The van der Waals surface area contributed by atoms with Gasteiger partial charge in [-0.2, -0.15) is 4.31 Å². The summed E-state index contributed by atoms with van der Waals surface area (Å²) in [5, 5.41) is 3.54. The highest BCUT2D eigenvalue weighted by Gasteiger charge is 2.31. The van der Waals surface area contributed by atoms with Crippen LogP contribution in [-0.2, 0) is 14.8 Å². The molecule has 2 fully saturated rings. The molecule has 1 N–H and O–H groups in total. The molecule has 9 heteroatoms. The van der Waals surface area contributed by atoms with Crippen molar-refractivity contribution in [1.29, 1.82) is 0 Å². The fraction of sp³-hybridized carbons (Fsp3) is 0.611. The van der Waals surface area contributed by atoms with Gasteiger partial charge in [0.15, 0.2) is 0 Å². The third kappa shape index (κ3) is 5.13. The van der Waals surface area contributed by atoms with Gasteiger partial charge in [0.05, 0.1) is 19.1 Å². The summed E-state index contributed by atoms with van der Waals surface area (Å²) in [7, 11) is -0.973. The van der Waals surface area contributed by atoms with Gasteiger partial charge in [-0.05, 0) is 56.3 Å². The first-order chi connectivity index (χ1) is 12.5. The average molecular weight is 419 g/mol. The van der Waals surface area contributed by atoms with Crippen molar-refractivity contribution in [2.75, 3.05) is 33.9 Å². The van der Waals surface area contributed by atoms with Gasteiger partial charge in [-0.15, -0.1) is 12.4 Å². The number of piperidine rings is 1. The zero-order valence-electron chi connectivity index (χ0n) is 15.6. The van der Waals surface area contributed by atoms with E-state index < -0.39 is 16.0 Å². The molecular formula is C18H27ClN2O5S. The lowest BCUT2D eigenvalue weighted by atomic mass is 10.1. The molecule has 0 atom stereocenters. The van der Waals surface area contributed by atoms with E-state index in [2.05, 4.69) is 5.32 Å². The van der Waals surface area contributed by atoms with Crippen LogP contribution in [0.5, 0.6) is 5.75 Å². The van der Waals surface area contributed by atoms with Gasteiger partial charge < -0.3 is 14.8 Å². The van der Waals surface area contributed by atoms with Gasteiger partial charge in [-0.3, -0.25) is 0 Å². The lowest BCUT2D eigenvalue weighted by Crippen LogP contribution is -2.45. The maximum Gasteiger partial charge on any atom is 0.341 e. The Morgan fingerprint density at radius 3 is 2.41 bits per heavy atom. The fourth-order valence-corrected chi connectivity index (χ4v) is 4.72. The molecule has 0 aromatic heterocycles. The van der Waals surface area contributed by atoms with E-state index in [0.29, 0.717) is 24.9 Å². The van der Waals surface area contributed by atoms with Crippen LogP contribution in [0.4, 0.5) is 0 Å². The smallest absolute Gasteiger partial charge is 0.341 e. The van der Waals surface area contributed by atoms with Gasteiger partial charge in [0.2, 0.25) is 10.0 Å². The summed E-state index contributed by atoms with van der Waals surface area (Å²) in [6, 6.07) is 4.67. The highest BCUT2D eigenvalue weighted by Crippen LogP contribution is 2.29. The quantitative estimate of drug-likeness (QED) is 0.682. The summed E-state index contributed by atoms with van der Waals surface area (Å²) in [6.07, 6.45) is 4.21. The molecule has 0 radical (unpaired) electrons. The summed E-state index contributed by atoms with van der Waals surface area (Å²) in [5.74, 6) is 0.480. The van der Waals surface area contributed by atoms with Crippen molar-refractivity contribution < 1.29 is 22.7 Å². The second-order valence-electron chi connectivity index (χ2n) is 6.88. The van der Waals surface area contributed by atoms with Crippen LogP contribution in [0.3, 0.4) is 0 Å². The van der Waals surface area contributed by atoms with Crippen LogP contribution in [0.2, 0.25) is 0 Å². The van der Waals surface area contributed by atoms with Crippen LogP contribution in [0.1, 0.15) is 36.0 Å². The molecule has 1 heterocycles. The second-order valence-corrected chi connectivity index (χ2v) is 8.82. The number of esters is 1. The standard InChI is InChI=1S/C18H26N2O5S.ClH/c1-24-17-6-5-15(11-16(17)18(21)25-2)26(22,23)20-9-7-14(8-10-20)19-12-13-3-4-13;/h5-6,11,13-14,19H,3-4,7-10,12H2,1-2H3;1H. The van der Waals surface area contributed by atoms with Crippen LogP contribution in [-0.4, -0.2) is 58.6 Å². The first-order valence-corrected chi connectivity index (χ1v) is 10.4. The lowest BCUT2D eigenvalue weighted by Gasteiger charge is -2.32. The van der Waals surface area contributed by atoms with Crippen molar-refractivity contribution in [3.63, 3.8) is 0 Å². The minimum atomic E-state index is -3.65. The van der Waals surface area contributed by atoms with Gasteiger partial charge in [0, 0.05) is 19.1 Å². The van der Waals surface area contributed by atoms with Crippen LogP contribution >= 0.6 is 12.4 Å². The molecule has 3 rings (SSSR count). The zero-order chi connectivity index (χ0) is 18.7. The largest absolute Gasteiger partial charge is 0.496 e. The molecule has 27 heavy (non-hydrogen) atoms. The first-order valence-electron chi connectivity index (χ1n) is 8.95. The molecule has 1 aromatic carbocycles. The third-order valence-electron chi connectivity index (χ3n) is 5.06. The van der Waals surface area contributed by atoms with E-state index in [4.69, 9.17) is 9.47 Å². The molecule has 0 spiro atoms. The number of carbonyl (C=O) groups is 1. The molecule has 1 aromatic rings. The topological polar surface area (TPSA) is 84.9 Å². The van der Waals surface area contributed by atoms with E-state index in [1.54, 1.807) is 0 Å².